The standard InChI is InChI=1S/C11H24O2/c1-5-9-11(13,8-4)10(12,6-2)7-3/h12-13H,5-9H2,1-4H3. The molecule has 0 rings (SSSR count). The minimum atomic E-state index is -0.905. The predicted molar refractivity (Wildman–Crippen MR) is 55.7 cm³/mol. The van der Waals surface area contributed by atoms with Crippen molar-refractivity contribution in [3.63, 3.8) is 0 Å². The fourth-order valence-electron chi connectivity index (χ4n) is 2.06. The summed E-state index contributed by atoms with van der Waals surface area (Å²) in [6.45, 7) is 7.83. The third-order valence-corrected chi connectivity index (χ3v) is 3.28. The van der Waals surface area contributed by atoms with Crippen molar-refractivity contribution in [2.75, 3.05) is 0 Å². The summed E-state index contributed by atoms with van der Waals surface area (Å²) >= 11 is 0. The van der Waals surface area contributed by atoms with Crippen molar-refractivity contribution >= 4 is 0 Å². The molecule has 13 heavy (non-hydrogen) atoms. The molecule has 0 spiro atoms. The van der Waals surface area contributed by atoms with Gasteiger partial charge < -0.3 is 10.2 Å². The molecule has 1 unspecified atom stereocenters. The third kappa shape index (κ3) is 2.44. The molecule has 2 nitrogen and oxygen atoms in total. The van der Waals surface area contributed by atoms with Gasteiger partial charge in [0, 0.05) is 0 Å². The van der Waals surface area contributed by atoms with Crippen molar-refractivity contribution in [1.29, 1.82) is 0 Å². The van der Waals surface area contributed by atoms with Crippen molar-refractivity contribution < 1.29 is 10.2 Å². The summed E-state index contributed by atoms with van der Waals surface area (Å²) in [6, 6.07) is 0. The Labute approximate surface area is 82.0 Å². The summed E-state index contributed by atoms with van der Waals surface area (Å²) in [4.78, 5) is 0. The van der Waals surface area contributed by atoms with Crippen LogP contribution in [0.15, 0.2) is 0 Å². The van der Waals surface area contributed by atoms with Crippen LogP contribution in [-0.2, 0) is 0 Å². The molecule has 2 heteroatoms. The largest absolute Gasteiger partial charge is 0.387 e. The SMILES string of the molecule is CCCC(O)(CC)C(O)(CC)CC. The zero-order valence-corrected chi connectivity index (χ0v) is 9.43. The lowest BCUT2D eigenvalue weighted by Crippen LogP contribution is -2.53. The lowest BCUT2D eigenvalue weighted by Gasteiger charge is -2.42. The zero-order valence-electron chi connectivity index (χ0n) is 9.43. The van der Waals surface area contributed by atoms with Crippen LogP contribution in [0.4, 0.5) is 0 Å². The topological polar surface area (TPSA) is 40.5 Å². The second-order valence-corrected chi connectivity index (χ2v) is 3.87. The molecule has 0 heterocycles. The Morgan fingerprint density at radius 3 is 1.38 bits per heavy atom. The zero-order chi connectivity index (χ0) is 10.5. The summed E-state index contributed by atoms with van der Waals surface area (Å²) in [5.41, 5.74) is -1.80. The van der Waals surface area contributed by atoms with Gasteiger partial charge in [-0.2, -0.15) is 0 Å². The Hall–Kier alpha value is -0.0800. The van der Waals surface area contributed by atoms with Gasteiger partial charge in [0.25, 0.3) is 0 Å². The van der Waals surface area contributed by atoms with Gasteiger partial charge in [-0.3, -0.25) is 0 Å². The molecule has 0 amide bonds. The predicted octanol–water partition coefficient (Wildman–Crippen LogP) is 2.48. The Morgan fingerprint density at radius 1 is 0.769 bits per heavy atom. The van der Waals surface area contributed by atoms with Crippen molar-refractivity contribution in [3.8, 4) is 0 Å². The van der Waals surface area contributed by atoms with E-state index in [0.717, 1.165) is 6.42 Å². The van der Waals surface area contributed by atoms with Gasteiger partial charge >= 0.3 is 0 Å². The molecule has 0 bridgehead atoms. The molecule has 0 aromatic rings. The van der Waals surface area contributed by atoms with E-state index in [1.165, 1.54) is 0 Å². The number of aliphatic hydroxyl groups is 2. The minimum absolute atomic E-state index is 0.619. The highest BCUT2D eigenvalue weighted by Gasteiger charge is 2.44. The summed E-state index contributed by atoms with van der Waals surface area (Å²) in [6.07, 6.45) is 3.45. The van der Waals surface area contributed by atoms with E-state index < -0.39 is 11.2 Å². The van der Waals surface area contributed by atoms with Crippen LogP contribution in [0.2, 0.25) is 0 Å². The molecule has 80 valence electrons. The lowest BCUT2D eigenvalue weighted by molar-refractivity contribution is -0.161. The lowest BCUT2D eigenvalue weighted by atomic mass is 9.74. The summed E-state index contributed by atoms with van der Waals surface area (Å²) in [7, 11) is 0. The van der Waals surface area contributed by atoms with E-state index in [-0.39, 0.29) is 0 Å². The first kappa shape index (κ1) is 12.9. The molecule has 0 saturated carbocycles. The first-order valence-electron chi connectivity index (χ1n) is 5.44. The summed E-state index contributed by atoms with van der Waals surface area (Å²) in [5.74, 6) is 0. The van der Waals surface area contributed by atoms with Crippen molar-refractivity contribution in [3.05, 3.63) is 0 Å². The molecule has 0 aliphatic carbocycles. The second kappa shape index (κ2) is 4.97. The normalized spacial score (nSPS) is 17.1. The Morgan fingerprint density at radius 2 is 1.15 bits per heavy atom. The molecule has 0 aromatic heterocycles. The van der Waals surface area contributed by atoms with Crippen LogP contribution in [0.5, 0.6) is 0 Å². The number of hydrogen-bond donors (Lipinski definition) is 2. The molecule has 0 radical (unpaired) electrons. The third-order valence-electron chi connectivity index (χ3n) is 3.28. The minimum Gasteiger partial charge on any atom is -0.387 e. The summed E-state index contributed by atoms with van der Waals surface area (Å²) < 4.78 is 0. The number of rotatable bonds is 6. The molecule has 0 saturated heterocycles. The van der Waals surface area contributed by atoms with Crippen LogP contribution in [0.25, 0.3) is 0 Å². The van der Waals surface area contributed by atoms with Crippen LogP contribution >= 0.6 is 0 Å². The highest BCUT2D eigenvalue weighted by Crippen LogP contribution is 2.35. The molecule has 0 aromatic carbocycles. The van der Waals surface area contributed by atoms with Crippen molar-refractivity contribution in [1.82, 2.24) is 0 Å². The quantitative estimate of drug-likeness (QED) is 0.672. The van der Waals surface area contributed by atoms with Crippen LogP contribution < -0.4 is 0 Å². The molecular weight excluding hydrogens is 164 g/mol. The van der Waals surface area contributed by atoms with E-state index in [9.17, 15) is 10.2 Å². The maximum atomic E-state index is 10.3. The Bertz CT molecular complexity index is 141. The van der Waals surface area contributed by atoms with E-state index >= 15 is 0 Å². The highest BCUT2D eigenvalue weighted by molar-refractivity contribution is 4.96. The average molecular weight is 188 g/mol. The molecule has 0 fully saturated rings. The number of hydrogen-bond acceptors (Lipinski definition) is 2. The Balaban J connectivity index is 4.68. The van der Waals surface area contributed by atoms with E-state index in [2.05, 4.69) is 0 Å². The van der Waals surface area contributed by atoms with Crippen LogP contribution in [0.1, 0.15) is 59.8 Å². The summed E-state index contributed by atoms with van der Waals surface area (Å²) in [5, 5.41) is 20.5. The van der Waals surface area contributed by atoms with Crippen LogP contribution in [0, 0.1) is 0 Å². The van der Waals surface area contributed by atoms with E-state index in [4.69, 9.17) is 0 Å². The fourth-order valence-corrected chi connectivity index (χ4v) is 2.06. The smallest absolute Gasteiger partial charge is 0.0930 e. The van der Waals surface area contributed by atoms with Gasteiger partial charge in [-0.25, -0.2) is 0 Å². The van der Waals surface area contributed by atoms with Crippen molar-refractivity contribution in [2.45, 2.75) is 71.0 Å². The highest BCUT2D eigenvalue weighted by atomic mass is 16.4. The molecule has 0 aliphatic rings. The maximum absolute atomic E-state index is 10.3. The molecule has 2 N–H and O–H groups in total. The van der Waals surface area contributed by atoms with Gasteiger partial charge in [0.15, 0.2) is 0 Å². The van der Waals surface area contributed by atoms with Gasteiger partial charge in [-0.1, -0.05) is 34.1 Å². The van der Waals surface area contributed by atoms with Crippen LogP contribution in [-0.4, -0.2) is 21.4 Å². The van der Waals surface area contributed by atoms with E-state index in [1.807, 2.05) is 27.7 Å². The molecular formula is C11H24O2. The van der Waals surface area contributed by atoms with Crippen LogP contribution in [0.3, 0.4) is 0 Å². The average Bonchev–Trinajstić information content (AvgIpc) is 2.16. The first-order valence-corrected chi connectivity index (χ1v) is 5.44. The van der Waals surface area contributed by atoms with E-state index in [1.54, 1.807) is 0 Å². The van der Waals surface area contributed by atoms with Gasteiger partial charge in [0.2, 0.25) is 0 Å². The van der Waals surface area contributed by atoms with Gasteiger partial charge in [-0.05, 0) is 25.7 Å². The van der Waals surface area contributed by atoms with Gasteiger partial charge in [0.05, 0.1) is 11.2 Å². The first-order chi connectivity index (χ1) is 5.99. The maximum Gasteiger partial charge on any atom is 0.0930 e. The molecule has 0 aliphatic heterocycles. The second-order valence-electron chi connectivity index (χ2n) is 3.87. The van der Waals surface area contributed by atoms with Gasteiger partial charge in [0.1, 0.15) is 0 Å². The fraction of sp³-hybridized carbons (Fsp3) is 1.00. The Kier molecular flexibility index (Phi) is 4.93. The molecule has 1 atom stereocenters. The monoisotopic (exact) mass is 188 g/mol. The van der Waals surface area contributed by atoms with Crippen molar-refractivity contribution in [2.24, 2.45) is 0 Å². The van der Waals surface area contributed by atoms with E-state index in [0.29, 0.717) is 25.7 Å². The van der Waals surface area contributed by atoms with Gasteiger partial charge in [-0.15, -0.1) is 0 Å².